The standard InChI is InChI=1S/C11H19F3N2O2.ClH/c12-11(13,14)8-18-7-10(17)16-5-1-2-9(6-16)3-4-15;/h9H,1-8,15H2;1H. The number of carbonyl (C=O) groups is 1. The van der Waals surface area contributed by atoms with Crippen molar-refractivity contribution < 1.29 is 22.7 Å². The lowest BCUT2D eigenvalue weighted by Crippen LogP contribution is -2.42. The smallest absolute Gasteiger partial charge is 0.362 e. The van der Waals surface area contributed by atoms with E-state index < -0.39 is 19.4 Å². The number of alkyl halides is 3. The first kappa shape index (κ1) is 18.5. The molecule has 2 N–H and O–H groups in total. The van der Waals surface area contributed by atoms with Gasteiger partial charge >= 0.3 is 6.18 Å². The second-order valence-electron chi connectivity index (χ2n) is 4.53. The van der Waals surface area contributed by atoms with Crippen molar-refractivity contribution in [2.24, 2.45) is 11.7 Å². The predicted molar refractivity (Wildman–Crippen MR) is 67.1 cm³/mol. The maximum Gasteiger partial charge on any atom is 0.411 e. The third-order valence-corrected chi connectivity index (χ3v) is 2.94. The van der Waals surface area contributed by atoms with Crippen molar-refractivity contribution in [3.05, 3.63) is 0 Å². The van der Waals surface area contributed by atoms with E-state index >= 15 is 0 Å². The molecule has 0 radical (unpaired) electrons. The van der Waals surface area contributed by atoms with Crippen molar-refractivity contribution in [2.45, 2.75) is 25.4 Å². The van der Waals surface area contributed by atoms with Crippen LogP contribution in [-0.2, 0) is 9.53 Å². The summed E-state index contributed by atoms with van der Waals surface area (Å²) in [6.07, 6.45) is -1.66. The van der Waals surface area contributed by atoms with Gasteiger partial charge in [0, 0.05) is 13.1 Å². The van der Waals surface area contributed by atoms with Crippen LogP contribution in [0.15, 0.2) is 0 Å². The van der Waals surface area contributed by atoms with Gasteiger partial charge in [-0.3, -0.25) is 4.79 Å². The van der Waals surface area contributed by atoms with Crippen LogP contribution in [0.25, 0.3) is 0 Å². The normalized spacial score (nSPS) is 20.0. The SMILES string of the molecule is Cl.NCCC1CCCN(C(=O)COCC(F)(F)F)C1. The Morgan fingerprint density at radius 3 is 2.68 bits per heavy atom. The Morgan fingerprint density at radius 1 is 1.42 bits per heavy atom. The van der Waals surface area contributed by atoms with Crippen molar-refractivity contribution in [3.63, 3.8) is 0 Å². The molecule has 0 saturated carbocycles. The number of likely N-dealkylation sites (tertiary alicyclic amines) is 1. The monoisotopic (exact) mass is 304 g/mol. The van der Waals surface area contributed by atoms with Crippen LogP contribution in [0.1, 0.15) is 19.3 Å². The number of piperidine rings is 1. The molecule has 0 aromatic carbocycles. The number of nitrogens with zero attached hydrogens (tertiary/aromatic N) is 1. The van der Waals surface area contributed by atoms with Gasteiger partial charge in [-0.2, -0.15) is 13.2 Å². The highest BCUT2D eigenvalue weighted by atomic mass is 35.5. The van der Waals surface area contributed by atoms with Crippen LogP contribution in [0.5, 0.6) is 0 Å². The van der Waals surface area contributed by atoms with E-state index in [9.17, 15) is 18.0 Å². The number of halogens is 4. The number of carbonyl (C=O) groups excluding carboxylic acids is 1. The van der Waals surface area contributed by atoms with E-state index in [4.69, 9.17) is 5.73 Å². The van der Waals surface area contributed by atoms with Crippen LogP contribution < -0.4 is 5.73 Å². The molecule has 0 aliphatic carbocycles. The molecule has 0 aromatic rings. The first-order valence-electron chi connectivity index (χ1n) is 6.04. The van der Waals surface area contributed by atoms with E-state index in [0.29, 0.717) is 25.6 Å². The number of hydrogen-bond donors (Lipinski definition) is 1. The van der Waals surface area contributed by atoms with Gasteiger partial charge in [-0.25, -0.2) is 0 Å². The van der Waals surface area contributed by atoms with Crippen molar-refractivity contribution in [1.29, 1.82) is 0 Å². The lowest BCUT2D eigenvalue weighted by molar-refractivity contribution is -0.178. The van der Waals surface area contributed by atoms with Crippen LogP contribution in [0, 0.1) is 5.92 Å². The van der Waals surface area contributed by atoms with E-state index in [1.165, 1.54) is 0 Å². The minimum absolute atomic E-state index is 0. The van der Waals surface area contributed by atoms with Gasteiger partial charge in [-0.1, -0.05) is 0 Å². The molecule has 0 aromatic heterocycles. The van der Waals surface area contributed by atoms with Crippen molar-refractivity contribution in [2.75, 3.05) is 32.8 Å². The molecule has 0 bridgehead atoms. The summed E-state index contributed by atoms with van der Waals surface area (Å²) in [6.45, 7) is -0.147. The Kier molecular flexibility index (Phi) is 8.36. The van der Waals surface area contributed by atoms with E-state index in [0.717, 1.165) is 19.3 Å². The summed E-state index contributed by atoms with van der Waals surface area (Å²) in [7, 11) is 0. The summed E-state index contributed by atoms with van der Waals surface area (Å²) in [5.41, 5.74) is 5.46. The molecule has 19 heavy (non-hydrogen) atoms. The fourth-order valence-corrected chi connectivity index (χ4v) is 2.11. The summed E-state index contributed by atoms with van der Waals surface area (Å²) >= 11 is 0. The minimum Gasteiger partial charge on any atom is -0.362 e. The van der Waals surface area contributed by atoms with Gasteiger partial charge in [-0.15, -0.1) is 12.4 Å². The molecule has 1 saturated heterocycles. The first-order valence-corrected chi connectivity index (χ1v) is 6.04. The van der Waals surface area contributed by atoms with Crippen molar-refractivity contribution in [3.8, 4) is 0 Å². The number of nitrogens with two attached hydrogens (primary N) is 1. The number of amides is 1. The first-order chi connectivity index (χ1) is 8.42. The number of hydrogen-bond acceptors (Lipinski definition) is 3. The van der Waals surface area contributed by atoms with Crippen LogP contribution in [0.3, 0.4) is 0 Å². The molecule has 1 aliphatic rings. The van der Waals surface area contributed by atoms with Crippen molar-refractivity contribution in [1.82, 2.24) is 4.90 Å². The second kappa shape index (κ2) is 8.60. The van der Waals surface area contributed by atoms with Crippen LogP contribution >= 0.6 is 12.4 Å². The van der Waals surface area contributed by atoms with Gasteiger partial charge in [-0.05, 0) is 31.7 Å². The summed E-state index contributed by atoms with van der Waals surface area (Å²) in [4.78, 5) is 13.2. The average molecular weight is 305 g/mol. The third-order valence-electron chi connectivity index (χ3n) is 2.94. The molecule has 1 fully saturated rings. The van der Waals surface area contributed by atoms with Gasteiger partial charge in [0.15, 0.2) is 0 Å². The maximum atomic E-state index is 11.8. The Morgan fingerprint density at radius 2 is 2.11 bits per heavy atom. The fourth-order valence-electron chi connectivity index (χ4n) is 2.11. The highest BCUT2D eigenvalue weighted by Crippen LogP contribution is 2.19. The zero-order chi connectivity index (χ0) is 13.6. The summed E-state index contributed by atoms with van der Waals surface area (Å²) in [5, 5.41) is 0. The Balaban J connectivity index is 0.00000324. The van der Waals surface area contributed by atoms with Crippen LogP contribution in [0.2, 0.25) is 0 Å². The molecule has 1 unspecified atom stereocenters. The fraction of sp³-hybridized carbons (Fsp3) is 0.909. The van der Waals surface area contributed by atoms with E-state index in [1.807, 2.05) is 0 Å². The van der Waals surface area contributed by atoms with Gasteiger partial charge < -0.3 is 15.4 Å². The van der Waals surface area contributed by atoms with Gasteiger partial charge in [0.25, 0.3) is 0 Å². The molecular formula is C11H20ClF3N2O2. The Bertz CT molecular complexity index is 275. The number of rotatable bonds is 5. The molecule has 1 amide bonds. The molecule has 114 valence electrons. The largest absolute Gasteiger partial charge is 0.411 e. The Hall–Kier alpha value is -0.530. The predicted octanol–water partition coefficient (Wildman–Crippen LogP) is 1.57. The molecule has 4 nitrogen and oxygen atoms in total. The molecule has 1 heterocycles. The zero-order valence-corrected chi connectivity index (χ0v) is 11.4. The molecule has 1 atom stereocenters. The molecule has 1 rings (SSSR count). The molecule has 8 heteroatoms. The summed E-state index contributed by atoms with van der Waals surface area (Å²) in [6, 6.07) is 0. The van der Waals surface area contributed by atoms with E-state index in [1.54, 1.807) is 4.90 Å². The van der Waals surface area contributed by atoms with E-state index in [2.05, 4.69) is 4.74 Å². The van der Waals surface area contributed by atoms with E-state index in [-0.39, 0.29) is 18.3 Å². The number of ether oxygens (including phenoxy) is 1. The summed E-state index contributed by atoms with van der Waals surface area (Å²) in [5.74, 6) is -0.0173. The minimum atomic E-state index is -4.38. The summed E-state index contributed by atoms with van der Waals surface area (Å²) < 4.78 is 39.9. The lowest BCUT2D eigenvalue weighted by Gasteiger charge is -2.32. The zero-order valence-electron chi connectivity index (χ0n) is 10.6. The highest BCUT2D eigenvalue weighted by Gasteiger charge is 2.29. The molecule has 0 spiro atoms. The van der Waals surface area contributed by atoms with Gasteiger partial charge in [0.1, 0.15) is 13.2 Å². The van der Waals surface area contributed by atoms with Crippen LogP contribution in [-0.4, -0.2) is 49.8 Å². The molecule has 1 aliphatic heterocycles. The topological polar surface area (TPSA) is 55.6 Å². The Labute approximate surface area is 116 Å². The third kappa shape index (κ3) is 7.59. The van der Waals surface area contributed by atoms with Crippen LogP contribution in [0.4, 0.5) is 13.2 Å². The molecular weight excluding hydrogens is 285 g/mol. The van der Waals surface area contributed by atoms with Gasteiger partial charge in [0.2, 0.25) is 5.91 Å². The second-order valence-corrected chi connectivity index (χ2v) is 4.53. The lowest BCUT2D eigenvalue weighted by atomic mass is 9.95. The van der Waals surface area contributed by atoms with Gasteiger partial charge in [0.05, 0.1) is 0 Å². The highest BCUT2D eigenvalue weighted by molar-refractivity contribution is 5.85. The average Bonchev–Trinajstić information content (AvgIpc) is 2.28. The maximum absolute atomic E-state index is 11.8. The van der Waals surface area contributed by atoms with Crippen molar-refractivity contribution >= 4 is 18.3 Å². The quantitative estimate of drug-likeness (QED) is 0.839.